The van der Waals surface area contributed by atoms with E-state index in [-0.39, 0.29) is 5.91 Å². The highest BCUT2D eigenvalue weighted by molar-refractivity contribution is 9.10. The highest BCUT2D eigenvalue weighted by atomic mass is 79.9. The summed E-state index contributed by atoms with van der Waals surface area (Å²) in [7, 11) is 1.61. The van der Waals surface area contributed by atoms with Crippen molar-refractivity contribution in [2.75, 3.05) is 12.4 Å². The number of nitriles is 1. The van der Waals surface area contributed by atoms with Crippen LogP contribution in [-0.4, -0.2) is 13.0 Å². The number of carbonyl (C=O) groups is 1. The lowest BCUT2D eigenvalue weighted by Gasteiger charge is -2.17. The Bertz CT molecular complexity index is 911. The molecule has 1 atom stereocenters. The summed E-state index contributed by atoms with van der Waals surface area (Å²) in [5.41, 5.74) is 2.63. The molecule has 1 amide bonds. The van der Waals surface area contributed by atoms with E-state index in [2.05, 4.69) is 34.2 Å². The van der Waals surface area contributed by atoms with Crippen molar-refractivity contribution < 1.29 is 9.53 Å². The fourth-order valence-corrected chi connectivity index (χ4v) is 4.99. The molecule has 1 aromatic carbocycles. The van der Waals surface area contributed by atoms with Crippen molar-refractivity contribution in [3.63, 3.8) is 0 Å². The van der Waals surface area contributed by atoms with Crippen LogP contribution < -0.4 is 10.1 Å². The van der Waals surface area contributed by atoms with Crippen LogP contribution in [0, 0.1) is 17.2 Å². The average Bonchev–Trinajstić information content (AvgIpc) is 2.95. The predicted molar refractivity (Wildman–Crippen MR) is 109 cm³/mol. The Hall–Kier alpha value is -2.10. The van der Waals surface area contributed by atoms with E-state index in [0.717, 1.165) is 40.6 Å². The van der Waals surface area contributed by atoms with Crippen molar-refractivity contribution in [3.05, 3.63) is 50.3 Å². The Kier molecular flexibility index (Phi) is 5.80. The monoisotopic (exact) mass is 430 g/mol. The van der Waals surface area contributed by atoms with Crippen LogP contribution in [0.25, 0.3) is 6.08 Å². The number of ether oxygens (including phenoxy) is 1. The summed E-state index contributed by atoms with van der Waals surface area (Å²) >= 11 is 4.97. The van der Waals surface area contributed by atoms with Gasteiger partial charge in [-0.05, 0) is 70.4 Å². The second-order valence-electron chi connectivity index (χ2n) is 6.38. The zero-order chi connectivity index (χ0) is 18.7. The third-order valence-corrected chi connectivity index (χ3v) is 6.25. The fraction of sp³-hybridized carbons (Fsp3) is 0.300. The van der Waals surface area contributed by atoms with Gasteiger partial charge in [-0.2, -0.15) is 5.26 Å². The summed E-state index contributed by atoms with van der Waals surface area (Å²) in [6.07, 6.45) is 6.22. The lowest BCUT2D eigenvalue weighted by atomic mass is 9.89. The summed E-state index contributed by atoms with van der Waals surface area (Å²) in [5.74, 6) is 1.13. The molecular weight excluding hydrogens is 412 g/mol. The number of methoxy groups -OCH3 is 1. The van der Waals surface area contributed by atoms with Gasteiger partial charge in [0.15, 0.2) is 0 Å². The van der Waals surface area contributed by atoms with Crippen molar-refractivity contribution in [2.45, 2.75) is 26.2 Å². The van der Waals surface area contributed by atoms with Gasteiger partial charge in [-0.3, -0.25) is 4.79 Å². The number of hydrogen-bond acceptors (Lipinski definition) is 4. The molecule has 3 rings (SSSR count). The standard InChI is InChI=1S/C20H19BrN2O2S/c1-12-3-6-14-15(11-22)20(26-18(14)9-12)23-19(24)8-5-13-4-7-17(25-2)16(21)10-13/h4-5,7-8,10,12H,3,6,9H2,1-2H3,(H,23,24)/b8-5+. The molecule has 1 aromatic heterocycles. The van der Waals surface area contributed by atoms with Gasteiger partial charge in [0.2, 0.25) is 5.91 Å². The molecule has 6 heteroatoms. The number of hydrogen-bond donors (Lipinski definition) is 1. The normalized spacial score (nSPS) is 16.2. The van der Waals surface area contributed by atoms with Gasteiger partial charge >= 0.3 is 0 Å². The van der Waals surface area contributed by atoms with Crippen molar-refractivity contribution >= 4 is 44.3 Å². The van der Waals surface area contributed by atoms with Crippen molar-refractivity contribution in [2.24, 2.45) is 5.92 Å². The first-order valence-corrected chi connectivity index (χ1v) is 10.00. The highest BCUT2D eigenvalue weighted by Gasteiger charge is 2.24. The topological polar surface area (TPSA) is 62.1 Å². The second kappa shape index (κ2) is 8.07. The van der Waals surface area contributed by atoms with Crippen LogP contribution in [0.4, 0.5) is 5.00 Å². The molecule has 4 nitrogen and oxygen atoms in total. The third-order valence-electron chi connectivity index (χ3n) is 4.46. The number of halogens is 1. The molecule has 1 heterocycles. The van der Waals surface area contributed by atoms with Crippen LogP contribution in [0.15, 0.2) is 28.7 Å². The largest absolute Gasteiger partial charge is 0.496 e. The lowest BCUT2D eigenvalue weighted by Crippen LogP contribution is -2.10. The first-order valence-electron chi connectivity index (χ1n) is 8.39. The molecule has 0 aliphatic heterocycles. The van der Waals surface area contributed by atoms with Crippen LogP contribution in [0.1, 0.15) is 34.9 Å². The Balaban J connectivity index is 1.74. The zero-order valence-electron chi connectivity index (χ0n) is 14.6. The number of rotatable bonds is 4. The number of nitrogens with one attached hydrogen (secondary N) is 1. The molecule has 0 saturated heterocycles. The fourth-order valence-electron chi connectivity index (χ4n) is 3.07. The smallest absolute Gasteiger partial charge is 0.249 e. The molecule has 134 valence electrons. The maximum absolute atomic E-state index is 12.3. The van der Waals surface area contributed by atoms with Gasteiger partial charge in [0.25, 0.3) is 0 Å². The van der Waals surface area contributed by atoms with E-state index in [1.54, 1.807) is 13.2 Å². The quantitative estimate of drug-likeness (QED) is 0.680. The molecule has 1 unspecified atom stereocenters. The molecule has 0 radical (unpaired) electrons. The number of thiophene rings is 1. The van der Waals surface area contributed by atoms with Gasteiger partial charge in [-0.15, -0.1) is 11.3 Å². The van der Waals surface area contributed by atoms with Crippen LogP contribution in [0.5, 0.6) is 5.75 Å². The van der Waals surface area contributed by atoms with E-state index in [9.17, 15) is 10.1 Å². The van der Waals surface area contributed by atoms with E-state index in [4.69, 9.17) is 4.74 Å². The van der Waals surface area contributed by atoms with Crippen LogP contribution in [-0.2, 0) is 17.6 Å². The minimum absolute atomic E-state index is 0.236. The SMILES string of the molecule is COc1ccc(/C=C/C(=O)Nc2sc3c(c2C#N)CCC(C)C3)cc1Br. The Labute approximate surface area is 165 Å². The minimum atomic E-state index is -0.236. The van der Waals surface area contributed by atoms with Crippen molar-refractivity contribution in [1.29, 1.82) is 5.26 Å². The van der Waals surface area contributed by atoms with Gasteiger partial charge in [0, 0.05) is 11.0 Å². The molecular formula is C20H19BrN2O2S. The van der Waals surface area contributed by atoms with Crippen LogP contribution in [0.3, 0.4) is 0 Å². The second-order valence-corrected chi connectivity index (χ2v) is 8.34. The Morgan fingerprint density at radius 2 is 2.31 bits per heavy atom. The van der Waals surface area contributed by atoms with E-state index in [0.29, 0.717) is 16.5 Å². The number of nitrogens with zero attached hydrogens (tertiary/aromatic N) is 1. The zero-order valence-corrected chi connectivity index (χ0v) is 17.0. The van der Waals surface area contributed by atoms with Gasteiger partial charge in [-0.25, -0.2) is 0 Å². The first kappa shape index (κ1) is 18.7. The van der Waals surface area contributed by atoms with E-state index in [1.165, 1.54) is 22.3 Å². The molecule has 1 N–H and O–H groups in total. The molecule has 0 bridgehead atoms. The maximum atomic E-state index is 12.3. The number of carbonyl (C=O) groups excluding carboxylic acids is 1. The molecule has 2 aromatic rings. The predicted octanol–water partition coefficient (Wildman–Crippen LogP) is 5.17. The lowest BCUT2D eigenvalue weighted by molar-refractivity contribution is -0.111. The molecule has 1 aliphatic rings. The first-order chi connectivity index (χ1) is 12.5. The van der Waals surface area contributed by atoms with E-state index in [1.807, 2.05) is 18.2 Å². The van der Waals surface area contributed by atoms with E-state index < -0.39 is 0 Å². The van der Waals surface area contributed by atoms with Crippen molar-refractivity contribution in [3.8, 4) is 11.8 Å². The Morgan fingerprint density at radius 1 is 1.50 bits per heavy atom. The number of fused-ring (bicyclic) bond motifs is 1. The summed E-state index contributed by atoms with van der Waals surface area (Å²) in [6.45, 7) is 2.22. The van der Waals surface area contributed by atoms with Crippen LogP contribution >= 0.6 is 27.3 Å². The summed E-state index contributed by atoms with van der Waals surface area (Å²) < 4.78 is 6.03. The summed E-state index contributed by atoms with van der Waals surface area (Å²) in [6, 6.07) is 7.86. The molecule has 0 saturated carbocycles. The van der Waals surface area contributed by atoms with Gasteiger partial charge in [-0.1, -0.05) is 13.0 Å². The highest BCUT2D eigenvalue weighted by Crippen LogP contribution is 2.39. The summed E-state index contributed by atoms with van der Waals surface area (Å²) in [4.78, 5) is 13.5. The average molecular weight is 431 g/mol. The number of anilines is 1. The minimum Gasteiger partial charge on any atom is -0.496 e. The Morgan fingerprint density at radius 3 is 3.00 bits per heavy atom. The third kappa shape index (κ3) is 4.00. The molecule has 26 heavy (non-hydrogen) atoms. The maximum Gasteiger partial charge on any atom is 0.249 e. The van der Waals surface area contributed by atoms with Gasteiger partial charge in [0.1, 0.15) is 16.8 Å². The number of benzene rings is 1. The van der Waals surface area contributed by atoms with Gasteiger partial charge in [0.05, 0.1) is 17.1 Å². The number of amides is 1. The molecule has 0 spiro atoms. The van der Waals surface area contributed by atoms with Gasteiger partial charge < -0.3 is 10.1 Å². The van der Waals surface area contributed by atoms with E-state index >= 15 is 0 Å². The summed E-state index contributed by atoms with van der Waals surface area (Å²) in [5, 5.41) is 13.0. The van der Waals surface area contributed by atoms with Crippen LogP contribution in [0.2, 0.25) is 0 Å². The molecule has 1 aliphatic carbocycles. The van der Waals surface area contributed by atoms with Crippen molar-refractivity contribution in [1.82, 2.24) is 0 Å². The molecule has 0 fully saturated rings.